The van der Waals surface area contributed by atoms with E-state index in [1.165, 1.54) is 11.8 Å². The van der Waals surface area contributed by atoms with Gasteiger partial charge in [-0.3, -0.25) is 4.79 Å². The lowest BCUT2D eigenvalue weighted by Gasteiger charge is -2.22. The SMILES string of the molecule is C[C@@H](Sc1nc(NC(C)(C)C)nc(N(C)C)n1)C(=O)Nc1ccccc1. The van der Waals surface area contributed by atoms with Crippen molar-refractivity contribution in [3.05, 3.63) is 30.3 Å². The zero-order chi connectivity index (χ0) is 19.3. The molecule has 0 radical (unpaired) electrons. The summed E-state index contributed by atoms with van der Waals surface area (Å²) in [4.78, 5) is 27.5. The molecule has 0 bridgehead atoms. The monoisotopic (exact) mass is 374 g/mol. The van der Waals surface area contributed by atoms with E-state index in [1.807, 2.05) is 77.0 Å². The van der Waals surface area contributed by atoms with Crippen LogP contribution in [0.3, 0.4) is 0 Å². The fourth-order valence-electron chi connectivity index (χ4n) is 1.97. The van der Waals surface area contributed by atoms with Gasteiger partial charge in [-0.1, -0.05) is 30.0 Å². The van der Waals surface area contributed by atoms with E-state index >= 15 is 0 Å². The second kappa shape index (κ2) is 8.35. The first-order chi connectivity index (χ1) is 12.1. The molecular formula is C18H26N6OS. The Kier molecular flexibility index (Phi) is 6.42. The summed E-state index contributed by atoms with van der Waals surface area (Å²) in [5.41, 5.74) is 0.591. The van der Waals surface area contributed by atoms with Crippen molar-refractivity contribution in [3.63, 3.8) is 0 Å². The third-order valence-electron chi connectivity index (χ3n) is 3.18. The van der Waals surface area contributed by atoms with Gasteiger partial charge in [-0.15, -0.1) is 0 Å². The van der Waals surface area contributed by atoms with Crippen molar-refractivity contribution in [1.29, 1.82) is 0 Å². The van der Waals surface area contributed by atoms with Gasteiger partial charge in [0.25, 0.3) is 0 Å². The van der Waals surface area contributed by atoms with Gasteiger partial charge >= 0.3 is 0 Å². The molecule has 1 aromatic heterocycles. The summed E-state index contributed by atoms with van der Waals surface area (Å²) in [6.45, 7) is 7.94. The highest BCUT2D eigenvalue weighted by Gasteiger charge is 2.19. The lowest BCUT2D eigenvalue weighted by Crippen LogP contribution is -2.28. The lowest BCUT2D eigenvalue weighted by molar-refractivity contribution is -0.115. The first-order valence-corrected chi connectivity index (χ1v) is 9.26. The van der Waals surface area contributed by atoms with Gasteiger partial charge in [-0.05, 0) is 39.8 Å². The highest BCUT2D eigenvalue weighted by atomic mass is 32.2. The number of benzene rings is 1. The maximum atomic E-state index is 12.4. The van der Waals surface area contributed by atoms with Crippen molar-refractivity contribution in [2.75, 3.05) is 29.6 Å². The molecule has 2 rings (SSSR count). The smallest absolute Gasteiger partial charge is 0.237 e. The van der Waals surface area contributed by atoms with E-state index in [-0.39, 0.29) is 16.7 Å². The Labute approximate surface area is 159 Å². The number of carbonyl (C=O) groups excluding carboxylic acids is 1. The van der Waals surface area contributed by atoms with Crippen LogP contribution in [-0.4, -0.2) is 45.7 Å². The minimum Gasteiger partial charge on any atom is -0.349 e. The molecule has 1 amide bonds. The second-order valence-corrected chi connectivity index (χ2v) is 8.43. The van der Waals surface area contributed by atoms with E-state index in [4.69, 9.17) is 0 Å². The Bertz CT molecular complexity index is 745. The Morgan fingerprint density at radius 2 is 1.77 bits per heavy atom. The predicted octanol–water partition coefficient (Wildman–Crippen LogP) is 3.27. The molecule has 0 saturated heterocycles. The molecule has 8 heteroatoms. The summed E-state index contributed by atoms with van der Waals surface area (Å²) >= 11 is 1.30. The van der Waals surface area contributed by atoms with Gasteiger partial charge in [0, 0.05) is 25.3 Å². The Morgan fingerprint density at radius 1 is 1.12 bits per heavy atom. The number of carbonyl (C=O) groups is 1. The van der Waals surface area contributed by atoms with Gasteiger partial charge in [-0.25, -0.2) is 0 Å². The molecule has 2 N–H and O–H groups in total. The molecule has 0 saturated carbocycles. The molecule has 0 fully saturated rings. The molecule has 1 heterocycles. The number of para-hydroxylation sites is 1. The van der Waals surface area contributed by atoms with E-state index in [1.54, 1.807) is 0 Å². The molecule has 140 valence electrons. The van der Waals surface area contributed by atoms with Crippen molar-refractivity contribution < 1.29 is 4.79 Å². The first-order valence-electron chi connectivity index (χ1n) is 8.38. The van der Waals surface area contributed by atoms with E-state index in [2.05, 4.69) is 25.6 Å². The van der Waals surface area contributed by atoms with E-state index in [0.29, 0.717) is 17.1 Å². The summed E-state index contributed by atoms with van der Waals surface area (Å²) in [5.74, 6) is 0.942. The van der Waals surface area contributed by atoms with Crippen LogP contribution in [0.25, 0.3) is 0 Å². The van der Waals surface area contributed by atoms with Crippen molar-refractivity contribution in [3.8, 4) is 0 Å². The van der Waals surface area contributed by atoms with Crippen molar-refractivity contribution in [2.24, 2.45) is 0 Å². The van der Waals surface area contributed by atoms with Crippen molar-refractivity contribution in [2.45, 2.75) is 43.6 Å². The molecule has 0 spiro atoms. The van der Waals surface area contributed by atoms with E-state index in [9.17, 15) is 4.79 Å². The maximum Gasteiger partial charge on any atom is 0.237 e. The standard InChI is InChI=1S/C18H26N6OS/c1-12(14(25)19-13-10-8-7-9-11-13)26-17-21-15(23-18(2,3)4)20-16(22-17)24(5)6/h7-12H,1-6H3,(H,19,25)(H,20,21,22,23)/t12-/m1/s1. The topological polar surface area (TPSA) is 83.0 Å². The fraction of sp³-hybridized carbons (Fsp3) is 0.444. The lowest BCUT2D eigenvalue weighted by atomic mass is 10.1. The number of thioether (sulfide) groups is 1. The van der Waals surface area contributed by atoms with Crippen LogP contribution in [0, 0.1) is 0 Å². The molecular weight excluding hydrogens is 348 g/mol. The van der Waals surface area contributed by atoms with Crippen LogP contribution in [0.1, 0.15) is 27.7 Å². The molecule has 0 aliphatic carbocycles. The fourth-order valence-corrected chi connectivity index (χ4v) is 2.72. The quantitative estimate of drug-likeness (QED) is 0.751. The van der Waals surface area contributed by atoms with Crippen LogP contribution in [-0.2, 0) is 4.79 Å². The molecule has 7 nitrogen and oxygen atoms in total. The van der Waals surface area contributed by atoms with Crippen LogP contribution in [0.15, 0.2) is 35.5 Å². The molecule has 1 aromatic carbocycles. The molecule has 26 heavy (non-hydrogen) atoms. The number of aromatic nitrogens is 3. The molecule has 0 aliphatic rings. The largest absolute Gasteiger partial charge is 0.349 e. The Hall–Kier alpha value is -2.35. The van der Waals surface area contributed by atoms with Crippen LogP contribution < -0.4 is 15.5 Å². The normalized spacial score (nSPS) is 12.4. The summed E-state index contributed by atoms with van der Waals surface area (Å²) in [6.07, 6.45) is 0. The zero-order valence-corrected chi connectivity index (χ0v) is 16.9. The van der Waals surface area contributed by atoms with Gasteiger partial charge in [0.1, 0.15) is 0 Å². The number of anilines is 3. The van der Waals surface area contributed by atoms with Crippen LogP contribution in [0.5, 0.6) is 0 Å². The highest BCUT2D eigenvalue weighted by molar-refractivity contribution is 8.00. The zero-order valence-electron chi connectivity index (χ0n) is 16.1. The highest BCUT2D eigenvalue weighted by Crippen LogP contribution is 2.24. The number of hydrogen-bond donors (Lipinski definition) is 2. The van der Waals surface area contributed by atoms with Crippen LogP contribution in [0.4, 0.5) is 17.6 Å². The molecule has 2 aromatic rings. The van der Waals surface area contributed by atoms with E-state index < -0.39 is 0 Å². The van der Waals surface area contributed by atoms with Gasteiger partial charge in [0.2, 0.25) is 17.8 Å². The van der Waals surface area contributed by atoms with Crippen LogP contribution in [0.2, 0.25) is 0 Å². The summed E-state index contributed by atoms with van der Waals surface area (Å²) in [5, 5.41) is 6.31. The van der Waals surface area contributed by atoms with Crippen LogP contribution >= 0.6 is 11.8 Å². The number of nitrogens with one attached hydrogen (secondary N) is 2. The van der Waals surface area contributed by atoms with Gasteiger partial charge in [0.15, 0.2) is 5.16 Å². The van der Waals surface area contributed by atoms with Crippen molar-refractivity contribution in [1.82, 2.24) is 15.0 Å². The molecule has 0 aliphatic heterocycles. The Morgan fingerprint density at radius 3 is 2.35 bits per heavy atom. The minimum atomic E-state index is -0.352. The number of hydrogen-bond acceptors (Lipinski definition) is 7. The van der Waals surface area contributed by atoms with Crippen molar-refractivity contribution >= 4 is 35.3 Å². The molecule has 1 atom stereocenters. The number of amides is 1. The van der Waals surface area contributed by atoms with E-state index in [0.717, 1.165) is 5.69 Å². The summed E-state index contributed by atoms with van der Waals surface area (Å²) in [6, 6.07) is 9.38. The van der Waals surface area contributed by atoms with Gasteiger partial charge in [-0.2, -0.15) is 15.0 Å². The predicted molar refractivity (Wildman–Crippen MR) is 108 cm³/mol. The minimum absolute atomic E-state index is 0.0988. The second-order valence-electron chi connectivity index (χ2n) is 7.13. The average molecular weight is 375 g/mol. The third-order valence-corrected chi connectivity index (χ3v) is 4.14. The summed E-state index contributed by atoms with van der Waals surface area (Å²) < 4.78 is 0. The Balaban J connectivity index is 2.14. The maximum absolute atomic E-state index is 12.4. The number of nitrogens with zero attached hydrogens (tertiary/aromatic N) is 4. The van der Waals surface area contributed by atoms with Gasteiger partial charge in [0.05, 0.1) is 5.25 Å². The summed E-state index contributed by atoms with van der Waals surface area (Å²) in [7, 11) is 3.74. The first kappa shape index (κ1) is 20.0. The average Bonchev–Trinajstić information content (AvgIpc) is 2.53. The van der Waals surface area contributed by atoms with Gasteiger partial charge < -0.3 is 15.5 Å². The molecule has 0 unspecified atom stereocenters. The third kappa shape index (κ3) is 6.18. The number of rotatable bonds is 6.